The summed E-state index contributed by atoms with van der Waals surface area (Å²) >= 11 is 0. The van der Waals surface area contributed by atoms with Crippen molar-refractivity contribution < 1.29 is 4.74 Å². The molecular formula is C19H25N7O. The molecule has 0 spiro atoms. The first-order chi connectivity index (χ1) is 13.3. The van der Waals surface area contributed by atoms with Crippen LogP contribution in [-0.2, 0) is 4.74 Å². The first-order valence-electron chi connectivity index (χ1n) is 9.27. The second-order valence-corrected chi connectivity index (χ2v) is 6.65. The average Bonchev–Trinajstić information content (AvgIpc) is 3.09. The van der Waals surface area contributed by atoms with E-state index in [0.717, 1.165) is 65.7 Å². The zero-order valence-electron chi connectivity index (χ0n) is 15.7. The van der Waals surface area contributed by atoms with Gasteiger partial charge < -0.3 is 20.3 Å². The molecule has 0 atom stereocenters. The molecule has 0 amide bonds. The number of H-pyrrole nitrogens is 1. The fourth-order valence-electron chi connectivity index (χ4n) is 3.32. The van der Waals surface area contributed by atoms with Gasteiger partial charge in [-0.25, -0.2) is 9.97 Å². The Morgan fingerprint density at radius 2 is 2.11 bits per heavy atom. The number of aryl methyl sites for hydroxylation is 1. The molecule has 8 nitrogen and oxygen atoms in total. The van der Waals surface area contributed by atoms with Gasteiger partial charge in [0.25, 0.3) is 0 Å². The monoisotopic (exact) mass is 367 g/mol. The van der Waals surface area contributed by atoms with Gasteiger partial charge in [-0.2, -0.15) is 5.10 Å². The smallest absolute Gasteiger partial charge is 0.172 e. The molecule has 1 aliphatic heterocycles. The maximum atomic E-state index is 5.14. The molecule has 4 rings (SSSR count). The minimum absolute atomic E-state index is 0.626. The summed E-state index contributed by atoms with van der Waals surface area (Å²) in [7, 11) is 1.70. The van der Waals surface area contributed by atoms with Crippen LogP contribution in [0.3, 0.4) is 0 Å². The highest BCUT2D eigenvalue weighted by atomic mass is 16.5. The number of aromatic nitrogens is 4. The summed E-state index contributed by atoms with van der Waals surface area (Å²) in [4.78, 5) is 11.9. The maximum Gasteiger partial charge on any atom is 0.172 e. The number of fused-ring (bicyclic) bond motifs is 1. The van der Waals surface area contributed by atoms with Crippen molar-refractivity contribution in [1.82, 2.24) is 25.5 Å². The zero-order valence-corrected chi connectivity index (χ0v) is 15.7. The minimum Gasteiger partial charge on any atom is -0.383 e. The van der Waals surface area contributed by atoms with Crippen LogP contribution in [0.25, 0.3) is 22.2 Å². The van der Waals surface area contributed by atoms with Crippen molar-refractivity contribution in [2.75, 3.05) is 56.7 Å². The molecule has 142 valence electrons. The molecule has 1 fully saturated rings. The van der Waals surface area contributed by atoms with Crippen LogP contribution in [0.2, 0.25) is 0 Å². The van der Waals surface area contributed by atoms with E-state index in [1.54, 1.807) is 7.11 Å². The molecular weight excluding hydrogens is 342 g/mol. The van der Waals surface area contributed by atoms with Crippen LogP contribution in [0, 0.1) is 6.92 Å². The standard InChI is InChI=1S/C19H25N7O/c1-13-15-11-14(3-4-16(15)25-24-13)17-12-22-18(21-7-10-27-2)19(23-17)26-8-5-20-6-9-26/h3-4,11-12,20H,5-10H2,1-2H3,(H,21,22)(H,24,25). The molecule has 3 aromatic rings. The van der Waals surface area contributed by atoms with Crippen molar-refractivity contribution >= 4 is 22.5 Å². The van der Waals surface area contributed by atoms with E-state index < -0.39 is 0 Å². The fraction of sp³-hybridized carbons (Fsp3) is 0.421. The minimum atomic E-state index is 0.626. The summed E-state index contributed by atoms with van der Waals surface area (Å²) < 4.78 is 5.14. The molecule has 0 radical (unpaired) electrons. The van der Waals surface area contributed by atoms with Crippen molar-refractivity contribution in [3.05, 3.63) is 30.1 Å². The van der Waals surface area contributed by atoms with E-state index in [-0.39, 0.29) is 0 Å². The van der Waals surface area contributed by atoms with Crippen molar-refractivity contribution in [2.45, 2.75) is 6.92 Å². The van der Waals surface area contributed by atoms with Gasteiger partial charge in [0.2, 0.25) is 0 Å². The van der Waals surface area contributed by atoms with Gasteiger partial charge in [-0.05, 0) is 19.1 Å². The number of piperazine rings is 1. The summed E-state index contributed by atoms with van der Waals surface area (Å²) in [6.45, 7) is 7.05. The highest BCUT2D eigenvalue weighted by Gasteiger charge is 2.18. The van der Waals surface area contributed by atoms with Crippen LogP contribution in [0.15, 0.2) is 24.4 Å². The second-order valence-electron chi connectivity index (χ2n) is 6.65. The Morgan fingerprint density at radius 3 is 2.93 bits per heavy atom. The first kappa shape index (κ1) is 17.7. The van der Waals surface area contributed by atoms with Crippen LogP contribution >= 0.6 is 0 Å². The number of ether oxygens (including phenoxy) is 1. The number of hydrogen-bond donors (Lipinski definition) is 3. The molecule has 2 aromatic heterocycles. The number of methoxy groups -OCH3 is 1. The predicted octanol–water partition coefficient (Wildman–Crippen LogP) is 1.80. The quantitative estimate of drug-likeness (QED) is 0.572. The fourth-order valence-corrected chi connectivity index (χ4v) is 3.32. The lowest BCUT2D eigenvalue weighted by Crippen LogP contribution is -2.44. The Bertz CT molecular complexity index is 918. The van der Waals surface area contributed by atoms with E-state index in [0.29, 0.717) is 13.2 Å². The predicted molar refractivity (Wildman–Crippen MR) is 107 cm³/mol. The SMILES string of the molecule is COCCNc1ncc(-c2ccc3[nH]nc(C)c3c2)nc1N1CCNCC1. The van der Waals surface area contributed by atoms with Gasteiger partial charge in [-0.1, -0.05) is 6.07 Å². The van der Waals surface area contributed by atoms with Gasteiger partial charge in [0.1, 0.15) is 0 Å². The van der Waals surface area contributed by atoms with Crippen LogP contribution in [0.1, 0.15) is 5.69 Å². The summed E-state index contributed by atoms with van der Waals surface area (Å²) in [5.74, 6) is 1.70. The molecule has 1 saturated heterocycles. The Labute approximate surface area is 158 Å². The van der Waals surface area contributed by atoms with Gasteiger partial charge in [-0.15, -0.1) is 0 Å². The van der Waals surface area contributed by atoms with E-state index in [4.69, 9.17) is 9.72 Å². The lowest BCUT2D eigenvalue weighted by Gasteiger charge is -2.30. The molecule has 0 unspecified atom stereocenters. The van der Waals surface area contributed by atoms with Gasteiger partial charge in [0, 0.05) is 50.8 Å². The third kappa shape index (κ3) is 3.72. The molecule has 1 aromatic carbocycles. The Morgan fingerprint density at radius 1 is 1.26 bits per heavy atom. The van der Waals surface area contributed by atoms with Crippen LogP contribution in [-0.4, -0.2) is 66.6 Å². The molecule has 0 bridgehead atoms. The number of nitrogens with one attached hydrogen (secondary N) is 3. The number of nitrogens with zero attached hydrogens (tertiary/aromatic N) is 4. The third-order valence-electron chi connectivity index (χ3n) is 4.82. The van der Waals surface area contributed by atoms with Gasteiger partial charge in [0.15, 0.2) is 11.6 Å². The van der Waals surface area contributed by atoms with Crippen molar-refractivity contribution in [2.24, 2.45) is 0 Å². The molecule has 3 heterocycles. The van der Waals surface area contributed by atoms with Crippen LogP contribution in [0.5, 0.6) is 0 Å². The van der Waals surface area contributed by atoms with Crippen LogP contribution < -0.4 is 15.5 Å². The Balaban J connectivity index is 1.70. The van der Waals surface area contributed by atoms with Gasteiger partial charge in [0.05, 0.1) is 29.7 Å². The van der Waals surface area contributed by atoms with E-state index >= 15 is 0 Å². The Hall–Kier alpha value is -2.71. The maximum absolute atomic E-state index is 5.14. The van der Waals surface area contributed by atoms with Crippen molar-refractivity contribution in [3.8, 4) is 11.3 Å². The van der Waals surface area contributed by atoms with E-state index in [1.807, 2.05) is 19.2 Å². The highest BCUT2D eigenvalue weighted by Crippen LogP contribution is 2.28. The van der Waals surface area contributed by atoms with E-state index in [9.17, 15) is 0 Å². The summed E-state index contributed by atoms with van der Waals surface area (Å²) in [6, 6.07) is 6.23. The lowest BCUT2D eigenvalue weighted by atomic mass is 10.1. The van der Waals surface area contributed by atoms with E-state index in [2.05, 4.69) is 42.8 Å². The van der Waals surface area contributed by atoms with E-state index in [1.165, 1.54) is 0 Å². The van der Waals surface area contributed by atoms with Gasteiger partial charge >= 0.3 is 0 Å². The Kier molecular flexibility index (Phi) is 5.17. The number of hydrogen-bond acceptors (Lipinski definition) is 7. The van der Waals surface area contributed by atoms with Crippen molar-refractivity contribution in [3.63, 3.8) is 0 Å². The van der Waals surface area contributed by atoms with Gasteiger partial charge in [-0.3, -0.25) is 5.10 Å². The average molecular weight is 367 g/mol. The molecule has 27 heavy (non-hydrogen) atoms. The molecule has 0 aliphatic carbocycles. The van der Waals surface area contributed by atoms with Crippen molar-refractivity contribution in [1.29, 1.82) is 0 Å². The lowest BCUT2D eigenvalue weighted by molar-refractivity contribution is 0.210. The largest absolute Gasteiger partial charge is 0.383 e. The summed E-state index contributed by atoms with van der Waals surface area (Å²) in [5.41, 5.74) is 3.92. The summed E-state index contributed by atoms with van der Waals surface area (Å²) in [6.07, 6.45) is 1.83. The molecule has 8 heteroatoms. The second kappa shape index (κ2) is 7.89. The topological polar surface area (TPSA) is 91.0 Å². The molecule has 0 saturated carbocycles. The number of aromatic amines is 1. The number of benzene rings is 1. The molecule has 1 aliphatic rings. The first-order valence-corrected chi connectivity index (χ1v) is 9.27. The normalized spacial score (nSPS) is 14.7. The number of anilines is 2. The highest BCUT2D eigenvalue weighted by molar-refractivity contribution is 5.86. The molecule has 3 N–H and O–H groups in total. The number of rotatable bonds is 6. The zero-order chi connectivity index (χ0) is 18.6. The summed E-state index contributed by atoms with van der Waals surface area (Å²) in [5, 5.41) is 15.2. The third-order valence-corrected chi connectivity index (χ3v) is 4.82. The van der Waals surface area contributed by atoms with Crippen LogP contribution in [0.4, 0.5) is 11.6 Å².